The Morgan fingerprint density at radius 1 is 1.21 bits per heavy atom. The van der Waals surface area contributed by atoms with E-state index >= 15 is 0 Å². The van der Waals surface area contributed by atoms with Crippen LogP contribution in [-0.2, 0) is 10.0 Å². The van der Waals surface area contributed by atoms with Crippen molar-refractivity contribution in [2.24, 2.45) is 0 Å². The summed E-state index contributed by atoms with van der Waals surface area (Å²) in [5.74, 6) is -0.629. The third kappa shape index (κ3) is 2.88. The Labute approximate surface area is 106 Å². The number of hydrogen-bond acceptors (Lipinski definition) is 4. The van der Waals surface area contributed by atoms with Gasteiger partial charge < -0.3 is 4.98 Å². The highest BCUT2D eigenvalue weighted by Gasteiger charge is 2.18. The van der Waals surface area contributed by atoms with Gasteiger partial charge in [0.1, 0.15) is 5.82 Å². The molecule has 0 bridgehead atoms. The molecule has 1 heterocycles. The van der Waals surface area contributed by atoms with Crippen LogP contribution in [0.5, 0.6) is 0 Å². The number of nitrogens with one attached hydrogen (secondary N) is 3. The monoisotopic (exact) mass is 285 g/mol. The minimum Gasteiger partial charge on any atom is -0.313 e. The SMILES string of the molecule is O=c1[nH]cc(S(=O)(=O)Nc2cccc(F)c2)c(=O)[nH]1. The van der Waals surface area contributed by atoms with Crippen LogP contribution in [0.1, 0.15) is 0 Å². The van der Waals surface area contributed by atoms with Gasteiger partial charge in [0.05, 0.1) is 5.69 Å². The van der Waals surface area contributed by atoms with Crippen LogP contribution in [0.2, 0.25) is 0 Å². The van der Waals surface area contributed by atoms with Crippen molar-refractivity contribution in [3.05, 3.63) is 57.1 Å². The van der Waals surface area contributed by atoms with Crippen molar-refractivity contribution in [1.82, 2.24) is 9.97 Å². The van der Waals surface area contributed by atoms with E-state index in [4.69, 9.17) is 0 Å². The Balaban J connectivity index is 2.43. The largest absolute Gasteiger partial charge is 0.325 e. The fourth-order valence-electron chi connectivity index (χ4n) is 1.36. The van der Waals surface area contributed by atoms with Crippen molar-refractivity contribution in [1.29, 1.82) is 0 Å². The van der Waals surface area contributed by atoms with Gasteiger partial charge in [-0.25, -0.2) is 17.6 Å². The molecule has 0 aliphatic rings. The summed E-state index contributed by atoms with van der Waals surface area (Å²) in [6.07, 6.45) is 0.767. The molecular weight excluding hydrogens is 277 g/mol. The van der Waals surface area contributed by atoms with Gasteiger partial charge in [0, 0.05) is 6.20 Å². The van der Waals surface area contributed by atoms with E-state index in [0.29, 0.717) is 0 Å². The van der Waals surface area contributed by atoms with Gasteiger partial charge >= 0.3 is 5.69 Å². The van der Waals surface area contributed by atoms with E-state index in [2.05, 4.69) is 0 Å². The van der Waals surface area contributed by atoms with E-state index < -0.39 is 32.0 Å². The third-order valence-corrected chi connectivity index (χ3v) is 3.54. The number of rotatable bonds is 3. The summed E-state index contributed by atoms with van der Waals surface area (Å²) in [6, 6.07) is 4.73. The lowest BCUT2D eigenvalue weighted by atomic mass is 10.3. The predicted octanol–water partition coefficient (Wildman–Crippen LogP) is 0.00310. The van der Waals surface area contributed by atoms with E-state index in [1.54, 1.807) is 4.98 Å². The van der Waals surface area contributed by atoms with Gasteiger partial charge in [-0.3, -0.25) is 14.5 Å². The van der Waals surface area contributed by atoms with E-state index in [-0.39, 0.29) is 5.69 Å². The third-order valence-electron chi connectivity index (χ3n) is 2.15. The van der Waals surface area contributed by atoms with Crippen LogP contribution in [0, 0.1) is 5.82 Å². The average molecular weight is 285 g/mol. The van der Waals surface area contributed by atoms with E-state index in [1.165, 1.54) is 12.1 Å². The van der Waals surface area contributed by atoms with Crippen LogP contribution in [0.3, 0.4) is 0 Å². The standard InChI is InChI=1S/C10H8FN3O4S/c11-6-2-1-3-7(4-6)14-19(17,18)8-5-12-10(16)13-9(8)15/h1-5,14H,(H2,12,13,15,16). The molecule has 0 spiro atoms. The lowest BCUT2D eigenvalue weighted by molar-refractivity contribution is 0.599. The maximum Gasteiger partial charge on any atom is 0.325 e. The molecule has 19 heavy (non-hydrogen) atoms. The second-order valence-electron chi connectivity index (χ2n) is 3.55. The van der Waals surface area contributed by atoms with Gasteiger partial charge in [-0.15, -0.1) is 0 Å². The minimum atomic E-state index is -4.21. The van der Waals surface area contributed by atoms with Gasteiger partial charge in [0.15, 0.2) is 4.90 Å². The Hall–Kier alpha value is -2.42. The normalized spacial score (nSPS) is 11.2. The first-order valence-electron chi connectivity index (χ1n) is 4.99. The molecule has 1 aromatic heterocycles. The summed E-state index contributed by atoms with van der Waals surface area (Å²) >= 11 is 0. The van der Waals surface area contributed by atoms with E-state index in [1.807, 2.05) is 9.71 Å². The molecule has 0 fully saturated rings. The number of hydrogen-bond donors (Lipinski definition) is 3. The number of anilines is 1. The number of H-pyrrole nitrogens is 2. The molecule has 9 heteroatoms. The minimum absolute atomic E-state index is 0.0365. The number of benzene rings is 1. The van der Waals surface area contributed by atoms with Crippen molar-refractivity contribution < 1.29 is 12.8 Å². The van der Waals surface area contributed by atoms with Gasteiger partial charge in [-0.1, -0.05) is 6.07 Å². The fourth-order valence-corrected chi connectivity index (χ4v) is 2.42. The molecule has 3 N–H and O–H groups in total. The molecule has 0 aliphatic carbocycles. The zero-order chi connectivity index (χ0) is 14.0. The van der Waals surface area contributed by atoms with E-state index in [9.17, 15) is 22.4 Å². The van der Waals surface area contributed by atoms with Crippen molar-refractivity contribution in [3.8, 4) is 0 Å². The quantitative estimate of drug-likeness (QED) is 0.737. The summed E-state index contributed by atoms with van der Waals surface area (Å²) < 4.78 is 38.7. The maximum atomic E-state index is 12.9. The van der Waals surface area contributed by atoms with Crippen molar-refractivity contribution in [2.45, 2.75) is 4.90 Å². The van der Waals surface area contributed by atoms with Crippen LogP contribution in [0.25, 0.3) is 0 Å². The second kappa shape index (κ2) is 4.69. The van der Waals surface area contributed by atoms with Crippen molar-refractivity contribution >= 4 is 15.7 Å². The molecule has 0 atom stereocenters. The number of aromatic nitrogens is 2. The van der Waals surface area contributed by atoms with E-state index in [0.717, 1.165) is 18.3 Å². The summed E-state index contributed by atoms with van der Waals surface area (Å²) in [5.41, 5.74) is -1.92. The van der Waals surface area contributed by atoms with Crippen LogP contribution in [-0.4, -0.2) is 18.4 Å². The molecule has 0 radical (unpaired) electrons. The summed E-state index contributed by atoms with van der Waals surface area (Å²) in [6.45, 7) is 0. The zero-order valence-electron chi connectivity index (χ0n) is 9.31. The highest BCUT2D eigenvalue weighted by atomic mass is 32.2. The molecule has 0 amide bonds. The van der Waals surface area contributed by atoms with Crippen molar-refractivity contribution in [2.75, 3.05) is 4.72 Å². The Bertz CT molecular complexity index is 825. The Morgan fingerprint density at radius 2 is 1.95 bits per heavy atom. The zero-order valence-corrected chi connectivity index (χ0v) is 10.1. The van der Waals surface area contributed by atoms with Crippen LogP contribution >= 0.6 is 0 Å². The number of halogens is 1. The molecule has 0 saturated carbocycles. The molecule has 100 valence electrons. The van der Waals surface area contributed by atoms with Crippen LogP contribution < -0.4 is 16.0 Å². The highest BCUT2D eigenvalue weighted by Crippen LogP contribution is 2.13. The lowest BCUT2D eigenvalue weighted by Crippen LogP contribution is -2.29. The molecule has 0 saturated heterocycles. The summed E-state index contributed by atoms with van der Waals surface area (Å²) in [7, 11) is -4.21. The number of sulfonamides is 1. The maximum absolute atomic E-state index is 12.9. The molecule has 1 aromatic carbocycles. The van der Waals surface area contributed by atoms with Gasteiger partial charge in [0.25, 0.3) is 15.6 Å². The van der Waals surface area contributed by atoms with Crippen molar-refractivity contribution in [3.63, 3.8) is 0 Å². The first kappa shape index (κ1) is 13.0. The Morgan fingerprint density at radius 3 is 2.58 bits per heavy atom. The second-order valence-corrected chi connectivity index (χ2v) is 5.20. The smallest absolute Gasteiger partial charge is 0.313 e. The highest BCUT2D eigenvalue weighted by molar-refractivity contribution is 7.92. The van der Waals surface area contributed by atoms with Crippen LogP contribution in [0.4, 0.5) is 10.1 Å². The lowest BCUT2D eigenvalue weighted by Gasteiger charge is -2.06. The molecular formula is C10H8FN3O4S. The fraction of sp³-hybridized carbons (Fsp3) is 0. The summed E-state index contributed by atoms with van der Waals surface area (Å²) in [5, 5.41) is 0. The first-order chi connectivity index (χ1) is 8.88. The van der Waals surface area contributed by atoms with Crippen LogP contribution in [0.15, 0.2) is 44.9 Å². The molecule has 0 aliphatic heterocycles. The average Bonchev–Trinajstić information content (AvgIpc) is 2.27. The van der Waals surface area contributed by atoms with Gasteiger partial charge in [-0.2, -0.15) is 0 Å². The molecule has 0 unspecified atom stereocenters. The van der Waals surface area contributed by atoms with Gasteiger partial charge in [0.2, 0.25) is 0 Å². The first-order valence-corrected chi connectivity index (χ1v) is 6.47. The topological polar surface area (TPSA) is 112 Å². The number of aromatic amines is 2. The Kier molecular flexibility index (Phi) is 3.21. The summed E-state index contributed by atoms with van der Waals surface area (Å²) in [4.78, 5) is 25.3. The predicted molar refractivity (Wildman–Crippen MR) is 64.9 cm³/mol. The van der Waals surface area contributed by atoms with Gasteiger partial charge in [-0.05, 0) is 18.2 Å². The molecule has 2 rings (SSSR count). The molecule has 2 aromatic rings. The molecule has 7 nitrogen and oxygen atoms in total.